The maximum Gasteiger partial charge on any atom is 0.315 e. The van der Waals surface area contributed by atoms with Crippen molar-refractivity contribution in [1.29, 1.82) is 0 Å². The predicted octanol–water partition coefficient (Wildman–Crippen LogP) is 3.25. The Hall–Kier alpha value is -2.08. The zero-order valence-electron chi connectivity index (χ0n) is 12.9. The average Bonchev–Trinajstić information content (AvgIpc) is 3.04. The highest BCUT2D eigenvalue weighted by atomic mass is 32.1. The van der Waals surface area contributed by atoms with E-state index in [0.717, 1.165) is 5.82 Å². The van der Waals surface area contributed by atoms with Crippen LogP contribution in [0, 0.1) is 5.92 Å². The van der Waals surface area contributed by atoms with Gasteiger partial charge in [-0.05, 0) is 29.5 Å². The van der Waals surface area contributed by atoms with Gasteiger partial charge in [0.25, 0.3) is 0 Å². The first-order valence-electron chi connectivity index (χ1n) is 7.39. The molecule has 2 aromatic rings. The second-order valence-corrected chi connectivity index (χ2v) is 6.26. The second-order valence-electron chi connectivity index (χ2n) is 5.28. The van der Waals surface area contributed by atoms with Crippen LogP contribution in [0.5, 0.6) is 0 Å². The molecule has 0 fully saturated rings. The standard InChI is InChI=1S/C16H22N4OS/c1-12(2)15(13-6-5-11-22-13)20-16(21)19-10-9-18-14-7-3-4-8-17-14/h3-8,11-12,15H,9-10H2,1-2H3,(H,17,18)(H2,19,20,21)/t15-/m1/s1. The molecule has 0 aliphatic heterocycles. The first-order chi connectivity index (χ1) is 10.7. The summed E-state index contributed by atoms with van der Waals surface area (Å²) in [4.78, 5) is 17.3. The molecular formula is C16H22N4OS. The van der Waals surface area contributed by atoms with Gasteiger partial charge in [0.2, 0.25) is 0 Å². The third-order valence-corrected chi connectivity index (χ3v) is 4.14. The van der Waals surface area contributed by atoms with Crippen molar-refractivity contribution >= 4 is 23.2 Å². The molecule has 1 atom stereocenters. The maximum absolute atomic E-state index is 12.0. The number of anilines is 1. The van der Waals surface area contributed by atoms with Crippen LogP contribution in [0.15, 0.2) is 41.9 Å². The molecule has 6 heteroatoms. The Morgan fingerprint density at radius 1 is 1.23 bits per heavy atom. The molecule has 0 aliphatic carbocycles. The quantitative estimate of drug-likeness (QED) is 0.687. The van der Waals surface area contributed by atoms with Gasteiger partial charge in [-0.1, -0.05) is 26.0 Å². The minimum atomic E-state index is -0.144. The number of hydrogen-bond donors (Lipinski definition) is 3. The largest absolute Gasteiger partial charge is 0.368 e. The zero-order chi connectivity index (χ0) is 15.8. The van der Waals surface area contributed by atoms with Gasteiger partial charge in [-0.2, -0.15) is 0 Å². The van der Waals surface area contributed by atoms with E-state index in [4.69, 9.17) is 0 Å². The van der Waals surface area contributed by atoms with Crippen LogP contribution in [0.1, 0.15) is 24.8 Å². The summed E-state index contributed by atoms with van der Waals surface area (Å²) in [6, 6.07) is 9.64. The van der Waals surface area contributed by atoms with Crippen molar-refractivity contribution in [3.8, 4) is 0 Å². The molecule has 2 amide bonds. The Morgan fingerprint density at radius 2 is 2.09 bits per heavy atom. The summed E-state index contributed by atoms with van der Waals surface area (Å²) in [6.45, 7) is 5.38. The van der Waals surface area contributed by atoms with Gasteiger partial charge in [0.1, 0.15) is 5.82 Å². The number of amides is 2. The molecule has 0 unspecified atom stereocenters. The second kappa shape index (κ2) is 8.38. The summed E-state index contributed by atoms with van der Waals surface area (Å²) >= 11 is 1.66. The van der Waals surface area contributed by atoms with Crippen LogP contribution in [0.3, 0.4) is 0 Å². The lowest BCUT2D eigenvalue weighted by molar-refractivity contribution is 0.234. The van der Waals surface area contributed by atoms with E-state index in [-0.39, 0.29) is 12.1 Å². The van der Waals surface area contributed by atoms with Gasteiger partial charge < -0.3 is 16.0 Å². The minimum absolute atomic E-state index is 0.0451. The molecule has 0 spiro atoms. The van der Waals surface area contributed by atoms with E-state index in [1.807, 2.05) is 29.6 Å². The van der Waals surface area contributed by atoms with Crippen molar-refractivity contribution in [2.45, 2.75) is 19.9 Å². The summed E-state index contributed by atoms with van der Waals surface area (Å²) in [5, 5.41) is 11.1. The minimum Gasteiger partial charge on any atom is -0.368 e. The van der Waals surface area contributed by atoms with Gasteiger partial charge in [0.05, 0.1) is 6.04 Å². The Kier molecular flexibility index (Phi) is 6.21. The van der Waals surface area contributed by atoms with Gasteiger partial charge in [0, 0.05) is 24.2 Å². The van der Waals surface area contributed by atoms with E-state index < -0.39 is 0 Å². The van der Waals surface area contributed by atoms with Crippen molar-refractivity contribution in [2.75, 3.05) is 18.4 Å². The summed E-state index contributed by atoms with van der Waals surface area (Å²) in [7, 11) is 0. The van der Waals surface area contributed by atoms with Crippen molar-refractivity contribution in [2.24, 2.45) is 5.92 Å². The van der Waals surface area contributed by atoms with E-state index in [0.29, 0.717) is 19.0 Å². The summed E-state index contributed by atoms with van der Waals surface area (Å²) in [5.41, 5.74) is 0. The van der Waals surface area contributed by atoms with Gasteiger partial charge in [-0.25, -0.2) is 9.78 Å². The van der Waals surface area contributed by atoms with Crippen LogP contribution in [0.25, 0.3) is 0 Å². The smallest absolute Gasteiger partial charge is 0.315 e. The number of rotatable bonds is 7. The molecule has 2 aromatic heterocycles. The average molecular weight is 318 g/mol. The normalized spacial score (nSPS) is 12.0. The van der Waals surface area contributed by atoms with E-state index in [1.54, 1.807) is 17.5 Å². The molecule has 2 heterocycles. The number of aromatic nitrogens is 1. The Morgan fingerprint density at radius 3 is 2.73 bits per heavy atom. The zero-order valence-corrected chi connectivity index (χ0v) is 13.7. The Bertz CT molecular complexity index is 557. The van der Waals surface area contributed by atoms with Crippen LogP contribution >= 0.6 is 11.3 Å². The highest BCUT2D eigenvalue weighted by Gasteiger charge is 2.18. The number of nitrogens with zero attached hydrogens (tertiary/aromatic N) is 1. The fourth-order valence-corrected chi connectivity index (χ4v) is 3.01. The fraction of sp³-hybridized carbons (Fsp3) is 0.375. The molecule has 0 aromatic carbocycles. The molecular weight excluding hydrogens is 296 g/mol. The first kappa shape index (κ1) is 16.3. The SMILES string of the molecule is CC(C)[C@@H](NC(=O)NCCNc1ccccn1)c1cccs1. The first-order valence-corrected chi connectivity index (χ1v) is 8.27. The van der Waals surface area contributed by atoms with Crippen molar-refractivity contribution < 1.29 is 4.79 Å². The number of urea groups is 1. The molecule has 5 nitrogen and oxygen atoms in total. The van der Waals surface area contributed by atoms with Crippen molar-refractivity contribution in [3.63, 3.8) is 0 Å². The fourth-order valence-electron chi connectivity index (χ4n) is 2.06. The van der Waals surface area contributed by atoms with Crippen LogP contribution in [0.2, 0.25) is 0 Å². The summed E-state index contributed by atoms with van der Waals surface area (Å²) in [5.74, 6) is 1.15. The molecule has 0 saturated heterocycles. The summed E-state index contributed by atoms with van der Waals surface area (Å²) < 4.78 is 0. The van der Waals surface area contributed by atoms with Crippen LogP contribution < -0.4 is 16.0 Å². The highest BCUT2D eigenvalue weighted by molar-refractivity contribution is 7.10. The van der Waals surface area contributed by atoms with E-state index in [9.17, 15) is 4.79 Å². The van der Waals surface area contributed by atoms with Gasteiger partial charge in [0.15, 0.2) is 0 Å². The number of carbonyl (C=O) groups is 1. The molecule has 3 N–H and O–H groups in total. The van der Waals surface area contributed by atoms with Crippen molar-refractivity contribution in [1.82, 2.24) is 15.6 Å². The maximum atomic E-state index is 12.0. The Labute approximate surface area is 135 Å². The molecule has 0 radical (unpaired) electrons. The van der Waals surface area contributed by atoms with E-state index in [2.05, 4.69) is 40.8 Å². The molecule has 0 bridgehead atoms. The number of thiophene rings is 1. The number of carbonyl (C=O) groups excluding carboxylic acids is 1. The van der Waals surface area contributed by atoms with Crippen LogP contribution in [-0.2, 0) is 0 Å². The lowest BCUT2D eigenvalue weighted by Gasteiger charge is -2.21. The molecule has 0 aliphatic rings. The highest BCUT2D eigenvalue weighted by Crippen LogP contribution is 2.25. The molecule has 2 rings (SSSR count). The van der Waals surface area contributed by atoms with Crippen molar-refractivity contribution in [3.05, 3.63) is 46.8 Å². The van der Waals surface area contributed by atoms with Gasteiger partial charge >= 0.3 is 6.03 Å². The predicted molar refractivity (Wildman–Crippen MR) is 91.2 cm³/mol. The molecule has 0 saturated carbocycles. The third-order valence-electron chi connectivity index (χ3n) is 3.18. The molecule has 118 valence electrons. The van der Waals surface area contributed by atoms with Crippen LogP contribution in [0.4, 0.5) is 10.6 Å². The van der Waals surface area contributed by atoms with Crippen LogP contribution in [-0.4, -0.2) is 24.1 Å². The van der Waals surface area contributed by atoms with E-state index >= 15 is 0 Å². The number of pyridine rings is 1. The topological polar surface area (TPSA) is 66.1 Å². The number of nitrogens with one attached hydrogen (secondary N) is 3. The monoisotopic (exact) mass is 318 g/mol. The number of hydrogen-bond acceptors (Lipinski definition) is 4. The Balaban J connectivity index is 1.73. The van der Waals surface area contributed by atoms with E-state index in [1.165, 1.54) is 4.88 Å². The van der Waals surface area contributed by atoms with Gasteiger partial charge in [-0.3, -0.25) is 0 Å². The third kappa shape index (κ3) is 5.04. The lowest BCUT2D eigenvalue weighted by Crippen LogP contribution is -2.41. The summed E-state index contributed by atoms with van der Waals surface area (Å²) in [6.07, 6.45) is 1.73. The molecule has 22 heavy (non-hydrogen) atoms. The van der Waals surface area contributed by atoms with Gasteiger partial charge in [-0.15, -0.1) is 11.3 Å². The lowest BCUT2D eigenvalue weighted by atomic mass is 10.0.